The Hall–Kier alpha value is -3.03. The van der Waals surface area contributed by atoms with Gasteiger partial charge >= 0.3 is 5.97 Å². The second-order valence-electron chi connectivity index (χ2n) is 12.4. The minimum atomic E-state index is -0.776. The zero-order valence-corrected chi connectivity index (χ0v) is 24.8. The number of halogens is 1. The smallest absolute Gasteiger partial charge is 0.310 e. The van der Waals surface area contributed by atoms with Crippen LogP contribution in [0.4, 0.5) is 4.39 Å². The Bertz CT molecular complexity index is 1300. The predicted octanol–water partition coefficient (Wildman–Crippen LogP) is 6.03. The highest BCUT2D eigenvalue weighted by atomic mass is 19.1. The van der Waals surface area contributed by atoms with Gasteiger partial charge in [-0.15, -0.1) is 0 Å². The molecule has 2 fully saturated rings. The Labute approximate surface area is 244 Å². The van der Waals surface area contributed by atoms with Gasteiger partial charge in [0.25, 0.3) is 0 Å². The van der Waals surface area contributed by atoms with Gasteiger partial charge in [-0.2, -0.15) is 5.10 Å². The lowest BCUT2D eigenvalue weighted by Crippen LogP contribution is -2.41. The van der Waals surface area contributed by atoms with Gasteiger partial charge in [0.2, 0.25) is 0 Å². The van der Waals surface area contributed by atoms with E-state index in [1.807, 2.05) is 19.9 Å². The second-order valence-corrected chi connectivity index (χ2v) is 12.4. The zero-order chi connectivity index (χ0) is 29.0. The number of benzene rings is 2. The van der Waals surface area contributed by atoms with Crippen LogP contribution in [0.25, 0.3) is 0 Å². The van der Waals surface area contributed by atoms with Crippen molar-refractivity contribution < 1.29 is 14.3 Å². The monoisotopic (exact) mass is 560 g/mol. The Morgan fingerprint density at radius 1 is 1.02 bits per heavy atom. The van der Waals surface area contributed by atoms with E-state index in [0.717, 1.165) is 69.8 Å². The molecule has 0 radical (unpaired) electrons. The molecule has 1 aromatic heterocycles. The minimum absolute atomic E-state index is 0.195. The maximum atomic E-state index is 14.2. The van der Waals surface area contributed by atoms with Gasteiger partial charge in [-0.3, -0.25) is 9.48 Å². The molecular weight excluding hydrogens is 515 g/mol. The van der Waals surface area contributed by atoms with E-state index in [4.69, 9.17) is 5.10 Å². The molecule has 5 rings (SSSR count). The molecule has 0 spiro atoms. The lowest BCUT2D eigenvalue weighted by atomic mass is 9.87. The van der Waals surface area contributed by atoms with Crippen molar-refractivity contribution in [2.24, 2.45) is 11.3 Å². The number of likely N-dealkylation sites (tertiary alicyclic amines) is 2. The van der Waals surface area contributed by atoms with E-state index in [2.05, 4.69) is 57.8 Å². The summed E-state index contributed by atoms with van der Waals surface area (Å²) in [5, 5.41) is 14.8. The molecule has 2 saturated heterocycles. The number of aryl methyl sites for hydroxylation is 1. The van der Waals surface area contributed by atoms with E-state index >= 15 is 0 Å². The fourth-order valence-corrected chi connectivity index (χ4v) is 6.92. The van der Waals surface area contributed by atoms with Gasteiger partial charge in [0.05, 0.1) is 11.1 Å². The van der Waals surface area contributed by atoms with Gasteiger partial charge in [-0.05, 0) is 81.4 Å². The van der Waals surface area contributed by atoms with E-state index in [1.54, 1.807) is 12.1 Å². The third kappa shape index (κ3) is 6.90. The van der Waals surface area contributed by atoms with Crippen molar-refractivity contribution in [3.8, 4) is 0 Å². The summed E-state index contributed by atoms with van der Waals surface area (Å²) in [5.41, 5.74) is 4.03. The molecule has 0 bridgehead atoms. The quantitative estimate of drug-likeness (QED) is 0.310. The first-order valence-corrected chi connectivity index (χ1v) is 15.3. The predicted molar refractivity (Wildman–Crippen MR) is 161 cm³/mol. The molecule has 3 aromatic rings. The van der Waals surface area contributed by atoms with Crippen LogP contribution in [-0.2, 0) is 17.8 Å². The molecule has 41 heavy (non-hydrogen) atoms. The lowest BCUT2D eigenvalue weighted by Gasteiger charge is -2.35. The largest absolute Gasteiger partial charge is 0.481 e. The number of aromatic nitrogens is 2. The molecule has 2 aliphatic rings. The lowest BCUT2D eigenvalue weighted by molar-refractivity contribution is -0.149. The average molecular weight is 561 g/mol. The Morgan fingerprint density at radius 3 is 2.44 bits per heavy atom. The molecule has 0 amide bonds. The third-order valence-corrected chi connectivity index (χ3v) is 9.55. The molecule has 220 valence electrons. The van der Waals surface area contributed by atoms with Crippen LogP contribution in [0.1, 0.15) is 74.4 Å². The highest BCUT2D eigenvalue weighted by molar-refractivity contribution is 5.74. The summed E-state index contributed by atoms with van der Waals surface area (Å²) in [5.74, 6) is 0.0834. The Morgan fingerprint density at radius 2 is 1.78 bits per heavy atom. The van der Waals surface area contributed by atoms with Crippen LogP contribution in [0.5, 0.6) is 0 Å². The van der Waals surface area contributed by atoms with Crippen molar-refractivity contribution in [3.05, 3.63) is 89.0 Å². The van der Waals surface area contributed by atoms with Crippen LogP contribution in [0.2, 0.25) is 0 Å². The number of carbonyl (C=O) groups is 1. The van der Waals surface area contributed by atoms with E-state index in [9.17, 15) is 14.3 Å². The first kappa shape index (κ1) is 29.5. The first-order valence-electron chi connectivity index (χ1n) is 15.3. The average Bonchev–Trinajstić information content (AvgIpc) is 3.57. The van der Waals surface area contributed by atoms with Crippen molar-refractivity contribution >= 4 is 5.97 Å². The van der Waals surface area contributed by atoms with Gasteiger partial charge in [-0.1, -0.05) is 49.4 Å². The van der Waals surface area contributed by atoms with Crippen molar-refractivity contribution in [1.29, 1.82) is 0 Å². The number of nitrogens with zero attached hydrogens (tertiary/aromatic N) is 4. The Kier molecular flexibility index (Phi) is 9.25. The van der Waals surface area contributed by atoms with Crippen molar-refractivity contribution in [2.75, 3.05) is 39.3 Å². The van der Waals surface area contributed by atoms with Crippen LogP contribution in [0.3, 0.4) is 0 Å². The third-order valence-electron chi connectivity index (χ3n) is 9.55. The summed E-state index contributed by atoms with van der Waals surface area (Å²) in [4.78, 5) is 16.9. The maximum Gasteiger partial charge on any atom is 0.310 e. The van der Waals surface area contributed by atoms with E-state index in [-0.39, 0.29) is 11.7 Å². The summed E-state index contributed by atoms with van der Waals surface area (Å²) in [7, 11) is 0. The second kappa shape index (κ2) is 12.9. The summed E-state index contributed by atoms with van der Waals surface area (Å²) in [6.07, 6.45) is 3.65. The fourth-order valence-electron chi connectivity index (χ4n) is 6.92. The highest BCUT2D eigenvalue weighted by Gasteiger charge is 2.40. The fraction of sp³-hybridized carbons (Fsp3) is 0.529. The first-order chi connectivity index (χ1) is 19.8. The van der Waals surface area contributed by atoms with Crippen LogP contribution >= 0.6 is 0 Å². The molecule has 1 N–H and O–H groups in total. The summed E-state index contributed by atoms with van der Waals surface area (Å²) in [6, 6.07) is 19.9. The summed E-state index contributed by atoms with van der Waals surface area (Å²) in [6.45, 7) is 12.0. The number of hydrogen-bond acceptors (Lipinski definition) is 4. The van der Waals surface area contributed by atoms with Gasteiger partial charge in [-0.25, -0.2) is 4.39 Å². The van der Waals surface area contributed by atoms with E-state index < -0.39 is 11.4 Å². The van der Waals surface area contributed by atoms with Crippen molar-refractivity contribution in [1.82, 2.24) is 19.6 Å². The van der Waals surface area contributed by atoms with Gasteiger partial charge in [0.15, 0.2) is 0 Å². The molecule has 7 heteroatoms. The summed E-state index contributed by atoms with van der Waals surface area (Å²) >= 11 is 0. The van der Waals surface area contributed by atoms with Crippen LogP contribution < -0.4 is 0 Å². The Balaban J connectivity index is 1.24. The molecule has 6 nitrogen and oxygen atoms in total. The number of hydrogen-bond donors (Lipinski definition) is 1. The van der Waals surface area contributed by atoms with Crippen LogP contribution in [0, 0.1) is 17.2 Å². The zero-order valence-electron chi connectivity index (χ0n) is 24.8. The molecule has 2 aromatic carbocycles. The van der Waals surface area contributed by atoms with Crippen molar-refractivity contribution in [3.63, 3.8) is 0 Å². The number of carboxylic acid groups (broad SMARTS) is 1. The van der Waals surface area contributed by atoms with E-state index in [1.165, 1.54) is 17.3 Å². The highest BCUT2D eigenvalue weighted by Crippen LogP contribution is 2.37. The molecular formula is C34H45FN4O2. The minimum Gasteiger partial charge on any atom is -0.481 e. The molecule has 0 saturated carbocycles. The van der Waals surface area contributed by atoms with Crippen molar-refractivity contribution in [2.45, 2.75) is 64.8 Å². The van der Waals surface area contributed by atoms with Crippen LogP contribution in [-0.4, -0.2) is 69.9 Å². The number of rotatable bonds is 11. The SMILES string of the molecule is CCn1nc(Cc2ccccc2)cc1C1CCN(C[C@H]2CN(CC(C)(CC)C(=O)O)C[C@@H]2c2cccc(F)c2)CC1. The molecule has 0 aliphatic carbocycles. The molecule has 1 unspecified atom stereocenters. The van der Waals surface area contributed by atoms with E-state index in [0.29, 0.717) is 24.8 Å². The topological polar surface area (TPSA) is 61.6 Å². The van der Waals surface area contributed by atoms with Gasteiger partial charge in [0, 0.05) is 56.7 Å². The maximum absolute atomic E-state index is 14.2. The number of aliphatic carboxylic acids is 1. The number of piperidine rings is 1. The van der Waals surface area contributed by atoms with Crippen LogP contribution in [0.15, 0.2) is 60.7 Å². The molecule has 3 atom stereocenters. The molecule has 3 heterocycles. The molecule has 2 aliphatic heterocycles. The van der Waals surface area contributed by atoms with Gasteiger partial charge in [0.1, 0.15) is 5.82 Å². The standard InChI is InChI=1S/C34H45FN4O2/c1-4-34(3,33(40)41)24-38-22-28(31(23-38)27-12-9-13-29(35)19-27)21-37-16-14-26(15-17-37)32-20-30(36-39(32)5-2)18-25-10-7-6-8-11-25/h6-13,19-20,26,28,31H,4-5,14-18,21-24H2,1-3H3,(H,40,41)/t28-,31+,34?/m0/s1. The normalized spacial score (nSPS) is 22.1. The van der Waals surface area contributed by atoms with Gasteiger partial charge < -0.3 is 14.9 Å². The number of carboxylic acids is 1. The summed E-state index contributed by atoms with van der Waals surface area (Å²) < 4.78 is 16.4.